The van der Waals surface area contributed by atoms with Crippen molar-refractivity contribution in [2.75, 3.05) is 0 Å². The van der Waals surface area contributed by atoms with Gasteiger partial charge in [-0.3, -0.25) is 0 Å². The van der Waals surface area contributed by atoms with Gasteiger partial charge in [0.05, 0.1) is 0 Å². The number of carbonyl (C=O) groups is 2. The van der Waals surface area contributed by atoms with Gasteiger partial charge in [-0.25, -0.2) is 14.0 Å². The number of hydrogen-bond acceptors (Lipinski definition) is 3. The highest BCUT2D eigenvalue weighted by atomic mass is 19.1. The fourth-order valence-electron chi connectivity index (χ4n) is 1.12. The molecule has 0 bridgehead atoms. The van der Waals surface area contributed by atoms with Crippen LogP contribution in [0.3, 0.4) is 0 Å². The first-order chi connectivity index (χ1) is 9.06. The van der Waals surface area contributed by atoms with E-state index in [2.05, 4.69) is 11.9 Å². The summed E-state index contributed by atoms with van der Waals surface area (Å²) in [5.41, 5.74) is -0.721. The number of aliphatic carboxylic acids is 1. The Morgan fingerprint density at radius 1 is 1.35 bits per heavy atom. The lowest BCUT2D eigenvalue weighted by Gasteiger charge is -2.22. The molecular weight excluding hydrogens is 265 g/mol. The van der Waals surface area contributed by atoms with Gasteiger partial charge in [0.2, 0.25) is 0 Å². The van der Waals surface area contributed by atoms with Crippen LogP contribution >= 0.6 is 0 Å². The highest BCUT2D eigenvalue weighted by Crippen LogP contribution is 2.10. The first-order valence-electron chi connectivity index (χ1n) is 5.98. The molecule has 0 aliphatic carbocycles. The molecule has 1 amide bonds. The first-order valence-corrected chi connectivity index (χ1v) is 5.98. The molecule has 20 heavy (non-hydrogen) atoms. The Kier molecular flexibility index (Phi) is 6.68. The van der Waals surface area contributed by atoms with Crippen molar-refractivity contribution in [3.05, 3.63) is 36.2 Å². The number of amides is 1. The zero-order valence-corrected chi connectivity index (χ0v) is 12.1. The number of nitrogens with one attached hydrogen (secondary N) is 1. The number of hydrogen-bond donors (Lipinski definition) is 2. The van der Waals surface area contributed by atoms with Gasteiger partial charge in [-0.15, -0.1) is 0 Å². The molecule has 6 heteroatoms. The van der Waals surface area contributed by atoms with Gasteiger partial charge in [0, 0.05) is 0 Å². The number of halogens is 1. The van der Waals surface area contributed by atoms with Crippen molar-refractivity contribution in [3.8, 4) is 0 Å². The number of rotatable bonds is 5. The van der Waals surface area contributed by atoms with Gasteiger partial charge in [0.1, 0.15) is 11.4 Å². The molecule has 0 aromatic rings. The summed E-state index contributed by atoms with van der Waals surface area (Å²) in [5, 5.41) is 11.2. The summed E-state index contributed by atoms with van der Waals surface area (Å²) >= 11 is 0. The molecule has 0 aliphatic heterocycles. The van der Waals surface area contributed by atoms with Crippen LogP contribution in [-0.4, -0.2) is 28.8 Å². The number of carboxylic acid groups (broad SMARTS) is 1. The molecule has 0 saturated carbocycles. The van der Waals surface area contributed by atoms with Crippen molar-refractivity contribution in [2.24, 2.45) is 0 Å². The summed E-state index contributed by atoms with van der Waals surface area (Å²) in [7, 11) is 0. The zero-order valence-electron chi connectivity index (χ0n) is 12.1. The molecule has 0 saturated heterocycles. The van der Waals surface area contributed by atoms with E-state index in [1.54, 1.807) is 20.8 Å². The van der Waals surface area contributed by atoms with Gasteiger partial charge in [-0.1, -0.05) is 18.7 Å². The summed E-state index contributed by atoms with van der Waals surface area (Å²) in [6.07, 6.45) is 2.58. The average molecular weight is 285 g/mol. The van der Waals surface area contributed by atoms with Crippen LogP contribution in [0.5, 0.6) is 0 Å². The minimum atomic E-state index is -1.38. The Balaban J connectivity index is 4.83. The second-order valence-corrected chi connectivity index (χ2v) is 5.00. The molecule has 0 aliphatic rings. The van der Waals surface area contributed by atoms with Gasteiger partial charge in [-0.05, 0) is 39.3 Å². The van der Waals surface area contributed by atoms with Crippen molar-refractivity contribution < 1.29 is 23.8 Å². The van der Waals surface area contributed by atoms with E-state index in [1.165, 1.54) is 19.1 Å². The molecule has 112 valence electrons. The third-order valence-corrected chi connectivity index (χ3v) is 2.01. The van der Waals surface area contributed by atoms with Crippen molar-refractivity contribution in [2.45, 2.75) is 39.3 Å². The van der Waals surface area contributed by atoms with E-state index >= 15 is 0 Å². The Hall–Kier alpha value is -2.11. The lowest BCUT2D eigenvalue weighted by molar-refractivity contribution is -0.138. The lowest BCUT2D eigenvalue weighted by Crippen LogP contribution is -2.44. The molecular formula is C14H20FNO4. The first kappa shape index (κ1) is 17.9. The summed E-state index contributed by atoms with van der Waals surface area (Å²) in [4.78, 5) is 22.6. The van der Waals surface area contributed by atoms with Crippen LogP contribution in [0, 0.1) is 0 Å². The number of carboxylic acids is 1. The predicted molar refractivity (Wildman–Crippen MR) is 73.9 cm³/mol. The zero-order chi connectivity index (χ0) is 15.9. The molecule has 5 nitrogen and oxygen atoms in total. The van der Waals surface area contributed by atoms with E-state index in [1.807, 2.05) is 0 Å². The fraction of sp³-hybridized carbons (Fsp3) is 0.429. The summed E-state index contributed by atoms with van der Waals surface area (Å²) in [6.45, 7) is 9.95. The quantitative estimate of drug-likeness (QED) is 0.761. The standard InChI is InChI=1S/C14H20FNO4/c1-6-10(15)8-7-9(2)11(12(17)18)16-13(19)20-14(3,4)5/h6-8,11H,2H2,1,3-5H3,(H,16,19)(H,17,18)/b8-7-,10-6+/t11-/m0/s1. The Morgan fingerprint density at radius 2 is 1.90 bits per heavy atom. The molecule has 0 aromatic carbocycles. The van der Waals surface area contributed by atoms with Gasteiger partial charge in [0.25, 0.3) is 0 Å². The van der Waals surface area contributed by atoms with Crippen molar-refractivity contribution in [3.63, 3.8) is 0 Å². The number of carbonyl (C=O) groups excluding carboxylic acids is 1. The van der Waals surface area contributed by atoms with E-state index < -0.39 is 29.5 Å². The molecule has 0 aromatic heterocycles. The maximum absolute atomic E-state index is 12.9. The van der Waals surface area contributed by atoms with Crippen molar-refractivity contribution in [1.82, 2.24) is 5.32 Å². The van der Waals surface area contributed by atoms with Gasteiger partial charge in [-0.2, -0.15) is 0 Å². The van der Waals surface area contributed by atoms with Gasteiger partial charge in [0.15, 0.2) is 6.04 Å². The lowest BCUT2D eigenvalue weighted by atomic mass is 10.1. The summed E-state index contributed by atoms with van der Waals surface area (Å²) in [5.74, 6) is -1.85. The number of allylic oxidation sites excluding steroid dienone is 3. The molecule has 0 fully saturated rings. The second kappa shape index (κ2) is 7.47. The smallest absolute Gasteiger partial charge is 0.408 e. The van der Waals surface area contributed by atoms with Crippen LogP contribution in [0.1, 0.15) is 27.7 Å². The van der Waals surface area contributed by atoms with Gasteiger partial charge < -0.3 is 15.2 Å². The van der Waals surface area contributed by atoms with Crippen LogP contribution in [0.2, 0.25) is 0 Å². The fourth-order valence-corrected chi connectivity index (χ4v) is 1.12. The SMILES string of the molecule is C=C(/C=C\C(F)=C/C)[C@H](NC(=O)OC(C)(C)C)C(=O)O. The molecule has 0 radical (unpaired) electrons. The summed E-state index contributed by atoms with van der Waals surface area (Å²) in [6, 6.07) is -1.38. The maximum atomic E-state index is 12.9. The highest BCUT2D eigenvalue weighted by Gasteiger charge is 2.25. The van der Waals surface area contributed by atoms with Crippen LogP contribution < -0.4 is 5.32 Å². The van der Waals surface area contributed by atoms with E-state index in [0.29, 0.717) is 0 Å². The van der Waals surface area contributed by atoms with E-state index in [-0.39, 0.29) is 5.57 Å². The number of alkyl carbamates (subject to hydrolysis) is 1. The normalized spacial score (nSPS) is 13.9. The Labute approximate surface area is 117 Å². The van der Waals surface area contributed by atoms with E-state index in [4.69, 9.17) is 9.84 Å². The average Bonchev–Trinajstić information content (AvgIpc) is 2.29. The molecule has 0 unspecified atom stereocenters. The monoisotopic (exact) mass is 285 g/mol. The van der Waals surface area contributed by atoms with E-state index in [9.17, 15) is 14.0 Å². The third-order valence-electron chi connectivity index (χ3n) is 2.01. The minimum Gasteiger partial charge on any atom is -0.479 e. The third kappa shape index (κ3) is 7.35. The van der Waals surface area contributed by atoms with E-state index in [0.717, 1.165) is 6.08 Å². The molecule has 1 atom stereocenters. The number of ether oxygens (including phenoxy) is 1. The molecule has 0 spiro atoms. The molecule has 0 rings (SSSR count). The van der Waals surface area contributed by atoms with Crippen molar-refractivity contribution in [1.29, 1.82) is 0 Å². The van der Waals surface area contributed by atoms with Crippen LogP contribution in [0.25, 0.3) is 0 Å². The summed E-state index contributed by atoms with van der Waals surface area (Å²) < 4.78 is 17.9. The molecule has 0 heterocycles. The van der Waals surface area contributed by atoms with Crippen molar-refractivity contribution >= 4 is 12.1 Å². The predicted octanol–water partition coefficient (Wildman–Crippen LogP) is 2.95. The minimum absolute atomic E-state index is 0.0281. The Bertz CT molecular complexity index is 447. The van der Waals surface area contributed by atoms with Crippen LogP contribution in [-0.2, 0) is 9.53 Å². The second-order valence-electron chi connectivity index (χ2n) is 5.00. The largest absolute Gasteiger partial charge is 0.479 e. The Morgan fingerprint density at radius 3 is 2.30 bits per heavy atom. The topological polar surface area (TPSA) is 75.6 Å². The maximum Gasteiger partial charge on any atom is 0.408 e. The van der Waals surface area contributed by atoms with Crippen LogP contribution in [0.4, 0.5) is 9.18 Å². The van der Waals surface area contributed by atoms with Gasteiger partial charge >= 0.3 is 12.1 Å². The molecule has 2 N–H and O–H groups in total. The van der Waals surface area contributed by atoms with Crippen LogP contribution in [0.15, 0.2) is 36.2 Å². The highest BCUT2D eigenvalue weighted by molar-refractivity contribution is 5.83.